The van der Waals surface area contributed by atoms with Crippen molar-refractivity contribution in [2.24, 2.45) is 7.05 Å². The van der Waals surface area contributed by atoms with Gasteiger partial charge >= 0.3 is 5.97 Å². The molecule has 1 amide bonds. The van der Waals surface area contributed by atoms with E-state index in [1.807, 2.05) is 0 Å². The molecule has 0 radical (unpaired) electrons. The van der Waals surface area contributed by atoms with E-state index in [0.29, 0.717) is 11.3 Å². The van der Waals surface area contributed by atoms with E-state index in [1.54, 1.807) is 18.3 Å². The normalized spacial score (nSPS) is 10.9. The summed E-state index contributed by atoms with van der Waals surface area (Å²) in [6.07, 6.45) is 3.99. The third-order valence-corrected chi connectivity index (χ3v) is 4.03. The highest BCUT2D eigenvalue weighted by Crippen LogP contribution is 2.27. The molecular formula is C17H12FN7O3. The lowest BCUT2D eigenvalue weighted by molar-refractivity contribution is 0.0691. The van der Waals surface area contributed by atoms with Gasteiger partial charge in [-0.25, -0.2) is 19.3 Å². The Morgan fingerprint density at radius 2 is 2.04 bits per heavy atom. The molecule has 0 aliphatic rings. The molecule has 11 heteroatoms. The third kappa shape index (κ3) is 2.84. The summed E-state index contributed by atoms with van der Waals surface area (Å²) in [6.45, 7) is 0. The fraction of sp³-hybridized carbons (Fsp3) is 0.0588. The Kier molecular flexibility index (Phi) is 4.03. The van der Waals surface area contributed by atoms with Crippen LogP contribution in [0.3, 0.4) is 0 Å². The Hall–Kier alpha value is -4.15. The van der Waals surface area contributed by atoms with Crippen molar-refractivity contribution in [1.29, 1.82) is 0 Å². The first-order valence-electron chi connectivity index (χ1n) is 7.97. The molecule has 4 aromatic rings. The Balaban J connectivity index is 1.92. The van der Waals surface area contributed by atoms with E-state index in [2.05, 4.69) is 20.2 Å². The van der Waals surface area contributed by atoms with Crippen molar-refractivity contribution in [2.75, 3.05) is 4.90 Å². The third-order valence-electron chi connectivity index (χ3n) is 4.03. The van der Waals surface area contributed by atoms with E-state index in [1.165, 1.54) is 30.0 Å². The highest BCUT2D eigenvalue weighted by atomic mass is 19.1. The zero-order valence-corrected chi connectivity index (χ0v) is 14.4. The number of hydrogen-bond donors (Lipinski definition) is 1. The van der Waals surface area contributed by atoms with E-state index in [9.17, 15) is 19.1 Å². The second kappa shape index (κ2) is 6.54. The average molecular weight is 381 g/mol. The standard InChI is InChI=1S/C17H12FN7O3/c1-23-15(11(8-20-23)17(27)28)16(26)25(13-4-2-3-12(18)22-13)10-5-6-24-14(7-10)19-9-21-24/h2-9H,1H3,(H,27,28). The molecule has 0 aliphatic carbocycles. The topological polar surface area (TPSA) is 119 Å². The average Bonchev–Trinajstić information content (AvgIpc) is 3.27. The first kappa shape index (κ1) is 17.3. The molecule has 0 aromatic carbocycles. The first-order chi connectivity index (χ1) is 13.5. The van der Waals surface area contributed by atoms with E-state index < -0.39 is 17.8 Å². The largest absolute Gasteiger partial charge is 0.478 e. The van der Waals surface area contributed by atoms with Gasteiger partial charge in [0.15, 0.2) is 5.65 Å². The quantitative estimate of drug-likeness (QED) is 0.534. The summed E-state index contributed by atoms with van der Waals surface area (Å²) in [6, 6.07) is 7.08. The number of amides is 1. The molecule has 4 rings (SSSR count). The van der Waals surface area contributed by atoms with E-state index in [0.717, 1.165) is 21.8 Å². The van der Waals surface area contributed by atoms with Crippen molar-refractivity contribution in [3.8, 4) is 0 Å². The number of carbonyl (C=O) groups is 2. The lowest BCUT2D eigenvalue weighted by atomic mass is 10.2. The molecule has 28 heavy (non-hydrogen) atoms. The van der Waals surface area contributed by atoms with Gasteiger partial charge in [0, 0.05) is 19.3 Å². The van der Waals surface area contributed by atoms with Crippen molar-refractivity contribution >= 4 is 29.0 Å². The Labute approximate surface area is 156 Å². The predicted molar refractivity (Wildman–Crippen MR) is 93.8 cm³/mol. The number of carbonyl (C=O) groups excluding carboxylic acids is 1. The zero-order valence-electron chi connectivity index (χ0n) is 14.4. The van der Waals surface area contributed by atoms with Crippen LogP contribution in [0.25, 0.3) is 5.65 Å². The van der Waals surface area contributed by atoms with Crippen molar-refractivity contribution in [1.82, 2.24) is 29.4 Å². The van der Waals surface area contributed by atoms with Gasteiger partial charge < -0.3 is 5.11 Å². The molecule has 0 aliphatic heterocycles. The molecule has 10 nitrogen and oxygen atoms in total. The lowest BCUT2D eigenvalue weighted by Crippen LogP contribution is -2.30. The predicted octanol–water partition coefficient (Wildman–Crippen LogP) is 1.67. The molecular weight excluding hydrogens is 369 g/mol. The minimum absolute atomic E-state index is 0.0218. The van der Waals surface area contributed by atoms with E-state index >= 15 is 0 Å². The van der Waals surface area contributed by atoms with Crippen LogP contribution in [0.5, 0.6) is 0 Å². The second-order valence-corrected chi connectivity index (χ2v) is 5.74. The number of aromatic carboxylic acids is 1. The summed E-state index contributed by atoms with van der Waals surface area (Å²) >= 11 is 0. The number of hydrogen-bond acceptors (Lipinski definition) is 6. The van der Waals surface area contributed by atoms with Crippen molar-refractivity contribution in [3.63, 3.8) is 0 Å². The number of nitrogens with zero attached hydrogens (tertiary/aromatic N) is 7. The summed E-state index contributed by atoms with van der Waals surface area (Å²) in [5, 5.41) is 17.2. The van der Waals surface area contributed by atoms with Crippen LogP contribution in [0.15, 0.2) is 49.1 Å². The van der Waals surface area contributed by atoms with Crippen LogP contribution in [0.2, 0.25) is 0 Å². The van der Waals surface area contributed by atoms with E-state index in [-0.39, 0.29) is 17.1 Å². The van der Waals surface area contributed by atoms with Gasteiger partial charge in [-0.1, -0.05) is 6.07 Å². The molecule has 140 valence electrons. The van der Waals surface area contributed by atoms with Gasteiger partial charge in [0.1, 0.15) is 23.4 Å². The van der Waals surface area contributed by atoms with Gasteiger partial charge in [-0.2, -0.15) is 14.6 Å². The smallest absolute Gasteiger partial charge is 0.339 e. The molecule has 4 heterocycles. The number of pyridine rings is 2. The number of fused-ring (bicyclic) bond motifs is 1. The van der Waals surface area contributed by atoms with Crippen LogP contribution in [0.4, 0.5) is 15.9 Å². The number of rotatable bonds is 4. The van der Waals surface area contributed by atoms with Crippen molar-refractivity contribution < 1.29 is 19.1 Å². The van der Waals surface area contributed by atoms with Crippen LogP contribution in [-0.4, -0.2) is 46.3 Å². The monoisotopic (exact) mass is 381 g/mol. The van der Waals surface area contributed by atoms with Crippen molar-refractivity contribution in [2.45, 2.75) is 0 Å². The van der Waals surface area contributed by atoms with Crippen LogP contribution in [0, 0.1) is 5.95 Å². The number of carboxylic acids is 1. The number of halogens is 1. The summed E-state index contributed by atoms with van der Waals surface area (Å²) in [7, 11) is 1.44. The number of aryl methyl sites for hydroxylation is 1. The maximum Gasteiger partial charge on any atom is 0.339 e. The molecule has 0 unspecified atom stereocenters. The first-order valence-corrected chi connectivity index (χ1v) is 7.97. The lowest BCUT2D eigenvalue weighted by Gasteiger charge is -2.22. The van der Waals surface area contributed by atoms with Crippen LogP contribution >= 0.6 is 0 Å². The van der Waals surface area contributed by atoms with E-state index in [4.69, 9.17) is 0 Å². The second-order valence-electron chi connectivity index (χ2n) is 5.74. The van der Waals surface area contributed by atoms with Gasteiger partial charge in [0.05, 0.1) is 11.9 Å². The molecule has 0 fully saturated rings. The maximum atomic E-state index is 13.8. The minimum atomic E-state index is -1.31. The Bertz CT molecular complexity index is 1220. The van der Waals surface area contributed by atoms with Gasteiger partial charge in [-0.05, 0) is 18.2 Å². The fourth-order valence-electron chi connectivity index (χ4n) is 2.77. The molecule has 0 atom stereocenters. The van der Waals surface area contributed by atoms with Crippen LogP contribution < -0.4 is 4.90 Å². The molecule has 0 saturated carbocycles. The summed E-state index contributed by atoms with van der Waals surface area (Å²) in [4.78, 5) is 33.8. The molecule has 0 saturated heterocycles. The minimum Gasteiger partial charge on any atom is -0.478 e. The fourth-order valence-corrected chi connectivity index (χ4v) is 2.77. The van der Waals surface area contributed by atoms with Gasteiger partial charge in [-0.15, -0.1) is 0 Å². The summed E-state index contributed by atoms with van der Waals surface area (Å²) in [5.41, 5.74) is 0.286. The Morgan fingerprint density at radius 1 is 1.21 bits per heavy atom. The molecule has 4 aromatic heterocycles. The van der Waals surface area contributed by atoms with Gasteiger partial charge in [-0.3, -0.25) is 14.4 Å². The molecule has 0 bridgehead atoms. The summed E-state index contributed by atoms with van der Waals surface area (Å²) < 4.78 is 16.4. The van der Waals surface area contributed by atoms with Gasteiger partial charge in [0.25, 0.3) is 5.91 Å². The van der Waals surface area contributed by atoms with Crippen LogP contribution in [0.1, 0.15) is 20.8 Å². The van der Waals surface area contributed by atoms with Crippen molar-refractivity contribution in [3.05, 3.63) is 66.3 Å². The summed E-state index contributed by atoms with van der Waals surface area (Å²) in [5.74, 6) is -2.86. The highest BCUT2D eigenvalue weighted by Gasteiger charge is 2.29. The molecule has 1 N–H and O–H groups in total. The number of anilines is 2. The maximum absolute atomic E-state index is 13.8. The zero-order chi connectivity index (χ0) is 19.8. The number of aromatic nitrogens is 6. The SMILES string of the molecule is Cn1ncc(C(=O)O)c1C(=O)N(c1ccn2ncnc2c1)c1cccc(F)n1. The Morgan fingerprint density at radius 3 is 2.79 bits per heavy atom. The van der Waals surface area contributed by atoms with Gasteiger partial charge in [0.2, 0.25) is 5.95 Å². The highest BCUT2D eigenvalue weighted by molar-refractivity contribution is 6.14. The van der Waals surface area contributed by atoms with Crippen LogP contribution in [-0.2, 0) is 7.05 Å². The number of carboxylic acid groups (broad SMARTS) is 1. The molecule has 0 spiro atoms.